The first-order valence-electron chi connectivity index (χ1n) is 8.99. The molecule has 0 aliphatic rings. The topological polar surface area (TPSA) is 64.4 Å². The molecule has 1 heterocycles. The van der Waals surface area contributed by atoms with Crippen molar-refractivity contribution in [1.29, 1.82) is 0 Å². The van der Waals surface area contributed by atoms with Crippen molar-refractivity contribution >= 4 is 16.7 Å². The molecule has 6 nitrogen and oxygen atoms in total. The van der Waals surface area contributed by atoms with E-state index in [1.165, 1.54) is 11.8 Å². The molecular formula is C21H23N3O3. The molecule has 0 unspecified atom stereocenters. The normalized spacial score (nSPS) is 10.8. The number of hydrogen-bond donors (Lipinski definition) is 0. The Kier molecular flexibility index (Phi) is 5.54. The maximum Gasteiger partial charge on any atom is 0.279 e. The molecule has 3 aromatic rings. The highest BCUT2D eigenvalue weighted by molar-refractivity contribution is 6.04. The van der Waals surface area contributed by atoms with Crippen molar-refractivity contribution in [2.75, 3.05) is 20.7 Å². The van der Waals surface area contributed by atoms with Crippen molar-refractivity contribution in [2.45, 2.75) is 19.8 Å². The summed E-state index contributed by atoms with van der Waals surface area (Å²) in [5, 5.41) is 5.45. The average molecular weight is 365 g/mol. The van der Waals surface area contributed by atoms with Crippen molar-refractivity contribution in [2.24, 2.45) is 0 Å². The van der Waals surface area contributed by atoms with Crippen LogP contribution >= 0.6 is 0 Å². The van der Waals surface area contributed by atoms with Crippen LogP contribution in [0, 0.1) is 0 Å². The number of unbranched alkanes of at least 4 members (excludes halogenated alkanes) is 1. The van der Waals surface area contributed by atoms with Gasteiger partial charge in [-0.2, -0.15) is 9.78 Å². The van der Waals surface area contributed by atoms with Gasteiger partial charge < -0.3 is 9.64 Å². The third-order valence-corrected chi connectivity index (χ3v) is 4.51. The first-order chi connectivity index (χ1) is 13.1. The molecule has 0 atom stereocenters. The summed E-state index contributed by atoms with van der Waals surface area (Å²) in [5.74, 6) is 0.309. The van der Waals surface area contributed by atoms with Crippen LogP contribution in [0.1, 0.15) is 30.3 Å². The molecule has 0 fully saturated rings. The zero-order chi connectivity index (χ0) is 19.4. The zero-order valence-corrected chi connectivity index (χ0v) is 15.8. The van der Waals surface area contributed by atoms with E-state index in [1.54, 1.807) is 54.4 Å². The molecule has 1 aromatic heterocycles. The van der Waals surface area contributed by atoms with Crippen LogP contribution in [0.3, 0.4) is 0 Å². The van der Waals surface area contributed by atoms with Crippen LogP contribution in [-0.4, -0.2) is 41.3 Å². The predicted molar refractivity (Wildman–Crippen MR) is 106 cm³/mol. The molecule has 140 valence electrons. The molecule has 3 rings (SSSR count). The van der Waals surface area contributed by atoms with Crippen LogP contribution in [0.15, 0.2) is 53.3 Å². The van der Waals surface area contributed by atoms with Crippen molar-refractivity contribution < 1.29 is 9.53 Å². The van der Waals surface area contributed by atoms with E-state index in [9.17, 15) is 9.59 Å². The molecule has 2 aromatic carbocycles. The highest BCUT2D eigenvalue weighted by atomic mass is 16.5. The number of amides is 1. The van der Waals surface area contributed by atoms with E-state index in [2.05, 4.69) is 12.0 Å². The Bertz CT molecular complexity index is 1030. The first kappa shape index (κ1) is 18.6. The monoisotopic (exact) mass is 365 g/mol. The van der Waals surface area contributed by atoms with Crippen LogP contribution in [0.4, 0.5) is 0 Å². The summed E-state index contributed by atoms with van der Waals surface area (Å²) < 4.78 is 6.62. The maximum absolute atomic E-state index is 13.0. The van der Waals surface area contributed by atoms with Gasteiger partial charge in [0.2, 0.25) is 0 Å². The number of aromatic nitrogens is 2. The highest BCUT2D eigenvalue weighted by Crippen LogP contribution is 2.22. The number of fused-ring (bicyclic) bond motifs is 1. The summed E-state index contributed by atoms with van der Waals surface area (Å²) in [6.45, 7) is 2.72. The number of nitrogens with zero attached hydrogens (tertiary/aromatic N) is 3. The zero-order valence-electron chi connectivity index (χ0n) is 15.8. The lowest BCUT2D eigenvalue weighted by Crippen LogP contribution is -2.32. The Balaban J connectivity index is 2.24. The molecule has 27 heavy (non-hydrogen) atoms. The van der Waals surface area contributed by atoms with Crippen molar-refractivity contribution in [1.82, 2.24) is 14.7 Å². The van der Waals surface area contributed by atoms with E-state index in [0.29, 0.717) is 28.8 Å². The predicted octanol–water partition coefficient (Wildman–Crippen LogP) is 3.27. The number of rotatable bonds is 6. The highest BCUT2D eigenvalue weighted by Gasteiger charge is 2.21. The molecule has 0 radical (unpaired) electrons. The molecule has 0 saturated carbocycles. The lowest BCUT2D eigenvalue weighted by atomic mass is 10.1. The number of hydrogen-bond acceptors (Lipinski definition) is 4. The summed E-state index contributed by atoms with van der Waals surface area (Å²) in [6, 6.07) is 14.2. The van der Waals surface area contributed by atoms with E-state index < -0.39 is 0 Å². The largest absolute Gasteiger partial charge is 0.494 e. The molecule has 0 bridgehead atoms. The second kappa shape index (κ2) is 8.03. The summed E-state index contributed by atoms with van der Waals surface area (Å²) in [5.41, 5.74) is 0.471. The third-order valence-electron chi connectivity index (χ3n) is 4.51. The Labute approximate surface area is 158 Å². The van der Waals surface area contributed by atoms with Crippen molar-refractivity contribution in [3.63, 3.8) is 0 Å². The minimum absolute atomic E-state index is 0.205. The average Bonchev–Trinajstić information content (AvgIpc) is 2.72. The Morgan fingerprint density at radius 1 is 1.11 bits per heavy atom. The second-order valence-corrected chi connectivity index (χ2v) is 6.36. The van der Waals surface area contributed by atoms with E-state index in [1.807, 2.05) is 6.07 Å². The molecule has 6 heteroatoms. The van der Waals surface area contributed by atoms with Crippen LogP contribution < -0.4 is 10.3 Å². The molecule has 0 saturated heterocycles. The maximum atomic E-state index is 13.0. The Morgan fingerprint density at radius 3 is 2.48 bits per heavy atom. The number of methoxy groups -OCH3 is 1. The van der Waals surface area contributed by atoms with Gasteiger partial charge >= 0.3 is 0 Å². The van der Waals surface area contributed by atoms with Gasteiger partial charge in [-0.3, -0.25) is 9.59 Å². The first-order valence-corrected chi connectivity index (χ1v) is 8.99. The third kappa shape index (κ3) is 3.56. The fourth-order valence-electron chi connectivity index (χ4n) is 2.99. The lowest BCUT2D eigenvalue weighted by Gasteiger charge is -2.18. The Hall–Kier alpha value is -3.15. The van der Waals surface area contributed by atoms with Crippen LogP contribution in [-0.2, 0) is 0 Å². The van der Waals surface area contributed by atoms with Crippen LogP contribution in [0.2, 0.25) is 0 Å². The van der Waals surface area contributed by atoms with Gasteiger partial charge in [0.25, 0.3) is 11.5 Å². The number of para-hydroxylation sites is 2. The van der Waals surface area contributed by atoms with Crippen molar-refractivity contribution in [3.05, 3.63) is 64.6 Å². The van der Waals surface area contributed by atoms with E-state index in [4.69, 9.17) is 4.74 Å². The fraction of sp³-hybridized carbons (Fsp3) is 0.286. The SMILES string of the molecule is CCCCN(C)C(=O)c1nn(-c2ccccc2OC)c(=O)c2ccccc12. The summed E-state index contributed by atoms with van der Waals surface area (Å²) in [4.78, 5) is 27.7. The summed E-state index contributed by atoms with van der Waals surface area (Å²) >= 11 is 0. The van der Waals surface area contributed by atoms with Crippen LogP contribution in [0.5, 0.6) is 5.75 Å². The lowest BCUT2D eigenvalue weighted by molar-refractivity contribution is 0.0787. The van der Waals surface area contributed by atoms with Gasteiger partial charge in [-0.1, -0.05) is 43.7 Å². The number of carbonyl (C=O) groups is 1. The van der Waals surface area contributed by atoms with Gasteiger partial charge in [0.05, 0.1) is 12.5 Å². The van der Waals surface area contributed by atoms with Crippen LogP contribution in [0.25, 0.3) is 16.5 Å². The molecule has 0 aliphatic heterocycles. The Morgan fingerprint density at radius 2 is 1.78 bits per heavy atom. The van der Waals surface area contributed by atoms with Crippen molar-refractivity contribution in [3.8, 4) is 11.4 Å². The van der Waals surface area contributed by atoms with E-state index >= 15 is 0 Å². The van der Waals surface area contributed by atoms with Gasteiger partial charge in [-0.15, -0.1) is 0 Å². The quantitative estimate of drug-likeness (QED) is 0.672. The van der Waals surface area contributed by atoms with Gasteiger partial charge in [0.1, 0.15) is 11.4 Å². The van der Waals surface area contributed by atoms with Gasteiger partial charge in [0.15, 0.2) is 5.69 Å². The number of ether oxygens (including phenoxy) is 1. The molecule has 0 N–H and O–H groups in total. The minimum Gasteiger partial charge on any atom is -0.494 e. The molecule has 0 aliphatic carbocycles. The molecular weight excluding hydrogens is 342 g/mol. The molecule has 1 amide bonds. The minimum atomic E-state index is -0.289. The molecule has 0 spiro atoms. The fourth-order valence-corrected chi connectivity index (χ4v) is 2.99. The number of carbonyl (C=O) groups excluding carboxylic acids is 1. The summed E-state index contributed by atoms with van der Waals surface area (Å²) in [6.07, 6.45) is 1.90. The van der Waals surface area contributed by atoms with Gasteiger partial charge in [-0.25, -0.2) is 0 Å². The van der Waals surface area contributed by atoms with E-state index in [0.717, 1.165) is 12.8 Å². The smallest absolute Gasteiger partial charge is 0.279 e. The standard InChI is InChI=1S/C21H23N3O3/c1-4-5-14-23(2)21(26)19-15-10-6-7-11-16(15)20(25)24(22-19)17-12-8-9-13-18(17)27-3/h6-13H,4-5,14H2,1-3H3. The van der Waals surface area contributed by atoms with E-state index in [-0.39, 0.29) is 17.2 Å². The second-order valence-electron chi connectivity index (χ2n) is 6.36. The number of benzene rings is 2. The van der Waals surface area contributed by atoms with Gasteiger partial charge in [0, 0.05) is 19.0 Å². The summed E-state index contributed by atoms with van der Waals surface area (Å²) in [7, 11) is 3.29. The van der Waals surface area contributed by atoms with Gasteiger partial charge in [-0.05, 0) is 24.6 Å².